The van der Waals surface area contributed by atoms with Gasteiger partial charge in [-0.25, -0.2) is 0 Å². The number of carbonyl (C=O) groups excluding carboxylic acids is 2. The van der Waals surface area contributed by atoms with Gasteiger partial charge in [0.15, 0.2) is 0 Å². The van der Waals surface area contributed by atoms with Gasteiger partial charge in [0.05, 0.1) is 0 Å². The van der Waals surface area contributed by atoms with E-state index in [9.17, 15) is 14.4 Å². The summed E-state index contributed by atoms with van der Waals surface area (Å²) >= 11 is 0. The molecule has 0 saturated heterocycles. The first-order valence-electron chi connectivity index (χ1n) is 11.8. The van der Waals surface area contributed by atoms with Crippen molar-refractivity contribution in [1.29, 1.82) is 0 Å². The Morgan fingerprint density at radius 1 is 0.938 bits per heavy atom. The van der Waals surface area contributed by atoms with Crippen molar-refractivity contribution < 1.29 is 9.59 Å². The Labute approximate surface area is 188 Å². The molecule has 2 fully saturated rings. The van der Waals surface area contributed by atoms with Crippen molar-refractivity contribution in [3.63, 3.8) is 0 Å². The predicted molar refractivity (Wildman–Crippen MR) is 123 cm³/mol. The van der Waals surface area contributed by atoms with E-state index in [-0.39, 0.29) is 23.1 Å². The van der Waals surface area contributed by atoms with Crippen molar-refractivity contribution >= 4 is 11.8 Å². The lowest BCUT2D eigenvalue weighted by atomic mass is 9.89. The smallest absolute Gasteiger partial charge is 0.256 e. The largest absolute Gasteiger partial charge is 0.352 e. The predicted octanol–water partition coefficient (Wildman–Crippen LogP) is 3.25. The summed E-state index contributed by atoms with van der Waals surface area (Å²) in [6.45, 7) is 1.05. The Kier molecular flexibility index (Phi) is 7.35. The van der Waals surface area contributed by atoms with Crippen molar-refractivity contribution in [3.8, 4) is 0 Å². The minimum absolute atomic E-state index is 0.0473. The Balaban J connectivity index is 1.40. The molecule has 2 saturated carbocycles. The first-order chi connectivity index (χ1) is 15.6. The fourth-order valence-corrected chi connectivity index (χ4v) is 4.37. The maximum absolute atomic E-state index is 13.0. The second-order valence-corrected chi connectivity index (χ2v) is 9.02. The molecule has 0 aromatic carbocycles. The summed E-state index contributed by atoms with van der Waals surface area (Å²) in [5.74, 6) is -0.311. The van der Waals surface area contributed by atoms with Crippen molar-refractivity contribution in [3.05, 3.63) is 63.8 Å². The number of nitrogens with one attached hydrogen (secondary N) is 2. The van der Waals surface area contributed by atoms with Crippen LogP contribution in [0.5, 0.6) is 0 Å². The number of amides is 2. The highest BCUT2D eigenvalue weighted by molar-refractivity contribution is 5.99. The van der Waals surface area contributed by atoms with Crippen LogP contribution in [0, 0.1) is 5.92 Å². The van der Waals surface area contributed by atoms with E-state index >= 15 is 0 Å². The lowest BCUT2D eigenvalue weighted by Gasteiger charge is -2.21. The lowest BCUT2D eigenvalue weighted by Crippen LogP contribution is -2.37. The molecule has 7 nitrogen and oxygen atoms in total. The number of nitrogens with zero attached hydrogens (tertiary/aromatic N) is 2. The van der Waals surface area contributed by atoms with Crippen molar-refractivity contribution in [2.45, 2.75) is 63.8 Å². The van der Waals surface area contributed by atoms with Gasteiger partial charge in [0.25, 0.3) is 11.8 Å². The Morgan fingerprint density at radius 3 is 2.25 bits per heavy atom. The van der Waals surface area contributed by atoms with Gasteiger partial charge >= 0.3 is 0 Å². The average Bonchev–Trinajstić information content (AvgIpc) is 3.67. The molecular formula is C25H32N4O3. The van der Waals surface area contributed by atoms with Crippen LogP contribution in [0.25, 0.3) is 0 Å². The topological polar surface area (TPSA) is 93.1 Å². The number of hydrogen-bond acceptors (Lipinski definition) is 4. The lowest BCUT2D eigenvalue weighted by molar-refractivity contribution is 0.0941. The van der Waals surface area contributed by atoms with Crippen LogP contribution < -0.4 is 16.1 Å². The van der Waals surface area contributed by atoms with E-state index in [2.05, 4.69) is 15.6 Å². The third-order valence-electron chi connectivity index (χ3n) is 6.46. The first-order valence-corrected chi connectivity index (χ1v) is 11.8. The zero-order valence-electron chi connectivity index (χ0n) is 18.5. The van der Waals surface area contributed by atoms with Gasteiger partial charge in [0.2, 0.25) is 5.43 Å². The normalized spacial score (nSPS) is 16.5. The van der Waals surface area contributed by atoms with Crippen LogP contribution in [0.1, 0.15) is 83.7 Å². The summed E-state index contributed by atoms with van der Waals surface area (Å²) in [5, 5.41) is 5.79. The molecule has 2 N–H and O–H groups in total. The maximum atomic E-state index is 13.0. The number of rotatable bonds is 9. The van der Waals surface area contributed by atoms with E-state index in [0.29, 0.717) is 19.0 Å². The van der Waals surface area contributed by atoms with Gasteiger partial charge in [0.1, 0.15) is 11.1 Å². The fraction of sp³-hybridized carbons (Fsp3) is 0.520. The highest BCUT2D eigenvalue weighted by Crippen LogP contribution is 2.34. The highest BCUT2D eigenvalue weighted by Gasteiger charge is 2.27. The van der Waals surface area contributed by atoms with Crippen molar-refractivity contribution in [2.75, 3.05) is 13.1 Å². The van der Waals surface area contributed by atoms with Crippen molar-refractivity contribution in [2.24, 2.45) is 5.92 Å². The molecule has 2 aromatic rings. The minimum Gasteiger partial charge on any atom is -0.352 e. The summed E-state index contributed by atoms with van der Waals surface area (Å²) in [7, 11) is 0. The summed E-state index contributed by atoms with van der Waals surface area (Å²) < 4.78 is 1.86. The number of hydrogen-bond donors (Lipinski definition) is 2. The maximum Gasteiger partial charge on any atom is 0.256 e. The van der Waals surface area contributed by atoms with Gasteiger partial charge in [-0.1, -0.05) is 19.3 Å². The summed E-state index contributed by atoms with van der Waals surface area (Å²) in [4.78, 5) is 42.6. The van der Waals surface area contributed by atoms with Gasteiger partial charge in [-0.05, 0) is 62.1 Å². The van der Waals surface area contributed by atoms with Crippen LogP contribution in [0.3, 0.4) is 0 Å². The number of pyridine rings is 2. The molecule has 0 atom stereocenters. The molecule has 0 aliphatic heterocycles. The summed E-state index contributed by atoms with van der Waals surface area (Å²) in [6.07, 6.45) is 16.2. The molecule has 2 aliphatic carbocycles. The first kappa shape index (κ1) is 22.2. The summed E-state index contributed by atoms with van der Waals surface area (Å²) in [5.41, 5.74) is 0.778. The molecule has 0 bridgehead atoms. The third kappa shape index (κ3) is 5.84. The Hall–Kier alpha value is -2.96. The SMILES string of the molecule is O=C(NCCCc1ccncc1)c1cn(C2CC2)cc(C(=O)NCC2CCCCC2)c1=O. The number of aryl methyl sites for hydroxylation is 1. The molecule has 7 heteroatoms. The average molecular weight is 437 g/mol. The van der Waals surface area contributed by atoms with E-state index < -0.39 is 11.3 Å². The van der Waals surface area contributed by atoms with E-state index in [1.807, 2.05) is 16.7 Å². The second-order valence-electron chi connectivity index (χ2n) is 9.02. The number of carbonyl (C=O) groups is 2. The molecular weight excluding hydrogens is 404 g/mol. The highest BCUT2D eigenvalue weighted by atomic mass is 16.2. The van der Waals surface area contributed by atoms with Crippen LogP contribution in [0.4, 0.5) is 0 Å². The fourth-order valence-electron chi connectivity index (χ4n) is 4.37. The monoisotopic (exact) mass is 436 g/mol. The Bertz CT molecular complexity index is 992. The number of aromatic nitrogens is 2. The molecule has 0 radical (unpaired) electrons. The molecule has 170 valence electrons. The molecule has 2 aliphatic rings. The molecule has 2 aromatic heterocycles. The van der Waals surface area contributed by atoms with E-state index in [4.69, 9.17) is 0 Å². The van der Waals surface area contributed by atoms with E-state index in [0.717, 1.165) is 44.1 Å². The zero-order valence-corrected chi connectivity index (χ0v) is 18.5. The van der Waals surface area contributed by atoms with Gasteiger partial charge in [-0.3, -0.25) is 19.4 Å². The Morgan fingerprint density at radius 2 is 1.59 bits per heavy atom. The van der Waals surface area contributed by atoms with Gasteiger partial charge < -0.3 is 15.2 Å². The second kappa shape index (κ2) is 10.6. The standard InChI is InChI=1S/C25H32N4O3/c30-23-21(24(31)27-12-4-7-18-10-13-26-14-11-18)16-29(20-8-9-20)17-22(23)25(32)28-15-19-5-2-1-3-6-19/h10-11,13-14,16-17,19-20H,1-9,12,15H2,(H,27,31)(H,28,32). The summed E-state index contributed by atoms with van der Waals surface area (Å²) in [6, 6.07) is 4.16. The molecule has 0 unspecified atom stereocenters. The molecule has 2 amide bonds. The minimum atomic E-state index is -0.491. The quantitative estimate of drug-likeness (QED) is 0.590. The van der Waals surface area contributed by atoms with Gasteiger partial charge in [-0.2, -0.15) is 0 Å². The molecule has 32 heavy (non-hydrogen) atoms. The molecule has 0 spiro atoms. The van der Waals surface area contributed by atoms with Crippen molar-refractivity contribution in [1.82, 2.24) is 20.2 Å². The van der Waals surface area contributed by atoms with Crippen LogP contribution in [0.15, 0.2) is 41.7 Å². The van der Waals surface area contributed by atoms with Gasteiger partial charge in [-0.15, -0.1) is 0 Å². The third-order valence-corrected chi connectivity index (χ3v) is 6.46. The van der Waals surface area contributed by atoms with Crippen LogP contribution in [-0.2, 0) is 6.42 Å². The molecule has 4 rings (SSSR count). The van der Waals surface area contributed by atoms with Gasteiger partial charge in [0, 0.05) is 43.9 Å². The van der Waals surface area contributed by atoms with Crippen LogP contribution in [-0.4, -0.2) is 34.5 Å². The van der Waals surface area contributed by atoms with Crippen LogP contribution in [0.2, 0.25) is 0 Å². The van der Waals surface area contributed by atoms with E-state index in [1.54, 1.807) is 24.8 Å². The van der Waals surface area contributed by atoms with Crippen LogP contribution >= 0.6 is 0 Å². The van der Waals surface area contributed by atoms with E-state index in [1.165, 1.54) is 19.3 Å². The zero-order chi connectivity index (χ0) is 22.3. The molecule has 2 heterocycles.